The number of hydrogen-bond acceptors (Lipinski definition) is 3. The van der Waals surface area contributed by atoms with Crippen LogP contribution in [-0.4, -0.2) is 25.6 Å². The highest BCUT2D eigenvalue weighted by Gasteiger charge is 2.20. The maximum absolute atomic E-state index is 13.4. The van der Waals surface area contributed by atoms with Crippen molar-refractivity contribution in [3.63, 3.8) is 0 Å². The number of carbonyl (C=O) groups excluding carboxylic acids is 1. The average molecular weight is 266 g/mol. The number of nitrogens with one attached hydrogen (secondary N) is 2. The Hall–Kier alpha value is -1.62. The Morgan fingerprint density at radius 2 is 2.21 bits per heavy atom. The lowest BCUT2D eigenvalue weighted by Gasteiger charge is -2.09. The van der Waals surface area contributed by atoms with Gasteiger partial charge in [0, 0.05) is 25.7 Å². The molecule has 1 amide bonds. The van der Waals surface area contributed by atoms with E-state index >= 15 is 0 Å². The second-order valence-corrected chi connectivity index (χ2v) is 4.72. The van der Waals surface area contributed by atoms with Gasteiger partial charge in [-0.25, -0.2) is 4.39 Å². The number of rotatable bonds is 7. The first-order valence-corrected chi connectivity index (χ1v) is 6.53. The van der Waals surface area contributed by atoms with Gasteiger partial charge in [-0.3, -0.25) is 4.79 Å². The summed E-state index contributed by atoms with van der Waals surface area (Å²) in [5.74, 6) is 0.0635. The van der Waals surface area contributed by atoms with E-state index in [0.717, 1.165) is 5.56 Å². The molecule has 1 aromatic carbocycles. The van der Waals surface area contributed by atoms with Gasteiger partial charge in [0.25, 0.3) is 0 Å². The normalized spacial score (nSPS) is 14.2. The molecule has 0 bridgehead atoms. The van der Waals surface area contributed by atoms with Gasteiger partial charge in [-0.2, -0.15) is 0 Å². The number of ether oxygens (including phenoxy) is 1. The van der Waals surface area contributed by atoms with Crippen molar-refractivity contribution in [3.05, 3.63) is 29.6 Å². The lowest BCUT2D eigenvalue weighted by molar-refractivity contribution is -0.121. The summed E-state index contributed by atoms with van der Waals surface area (Å²) >= 11 is 0. The Morgan fingerprint density at radius 3 is 2.89 bits per heavy atom. The van der Waals surface area contributed by atoms with Crippen LogP contribution in [0.15, 0.2) is 18.2 Å². The summed E-state index contributed by atoms with van der Waals surface area (Å²) < 4.78 is 18.8. The summed E-state index contributed by atoms with van der Waals surface area (Å²) in [6, 6.07) is 5.23. The van der Waals surface area contributed by atoms with Crippen LogP contribution in [0.2, 0.25) is 0 Å². The molecule has 1 aliphatic rings. The van der Waals surface area contributed by atoms with E-state index in [2.05, 4.69) is 10.6 Å². The summed E-state index contributed by atoms with van der Waals surface area (Å²) in [6.07, 6.45) is 2.66. The first-order valence-electron chi connectivity index (χ1n) is 6.53. The number of hydrogen-bond donors (Lipinski definition) is 2. The highest BCUT2D eigenvalue weighted by molar-refractivity contribution is 5.75. The first-order chi connectivity index (χ1) is 9.17. The van der Waals surface area contributed by atoms with Crippen molar-refractivity contribution >= 4 is 5.91 Å². The minimum absolute atomic E-state index is 0.0907. The zero-order chi connectivity index (χ0) is 13.7. The fraction of sp³-hybridized carbons (Fsp3) is 0.500. The number of benzene rings is 1. The molecule has 0 saturated heterocycles. The topological polar surface area (TPSA) is 50.4 Å². The molecule has 2 rings (SSSR count). The van der Waals surface area contributed by atoms with Gasteiger partial charge in [-0.15, -0.1) is 0 Å². The molecule has 1 aliphatic carbocycles. The number of carbonyl (C=O) groups is 1. The van der Waals surface area contributed by atoms with Gasteiger partial charge in [0.15, 0.2) is 0 Å². The van der Waals surface area contributed by atoms with Gasteiger partial charge < -0.3 is 15.4 Å². The van der Waals surface area contributed by atoms with E-state index in [1.807, 2.05) is 6.07 Å². The molecule has 1 fully saturated rings. The van der Waals surface area contributed by atoms with Gasteiger partial charge in [-0.05, 0) is 30.5 Å². The van der Waals surface area contributed by atoms with E-state index in [1.54, 1.807) is 7.05 Å². The first kappa shape index (κ1) is 13.8. The van der Waals surface area contributed by atoms with Crippen LogP contribution < -0.4 is 15.4 Å². The highest BCUT2D eigenvalue weighted by Crippen LogP contribution is 2.21. The third kappa shape index (κ3) is 4.87. The lowest BCUT2D eigenvalue weighted by atomic mass is 10.2. The number of amides is 1. The monoisotopic (exact) mass is 266 g/mol. The minimum atomic E-state index is -0.315. The van der Waals surface area contributed by atoms with Gasteiger partial charge in [0.2, 0.25) is 5.91 Å². The molecule has 2 N–H and O–H groups in total. The summed E-state index contributed by atoms with van der Waals surface area (Å²) in [5, 5.41) is 5.84. The van der Waals surface area contributed by atoms with Crippen molar-refractivity contribution in [2.75, 3.05) is 13.7 Å². The Kier molecular flexibility index (Phi) is 4.74. The van der Waals surface area contributed by atoms with Crippen molar-refractivity contribution in [3.8, 4) is 5.75 Å². The fourth-order valence-corrected chi connectivity index (χ4v) is 1.74. The van der Waals surface area contributed by atoms with Crippen LogP contribution >= 0.6 is 0 Å². The molecule has 0 heterocycles. The summed E-state index contributed by atoms with van der Waals surface area (Å²) in [4.78, 5) is 11.0. The highest BCUT2D eigenvalue weighted by atomic mass is 19.1. The van der Waals surface area contributed by atoms with Crippen LogP contribution in [0, 0.1) is 5.82 Å². The van der Waals surface area contributed by atoms with Crippen molar-refractivity contribution in [2.24, 2.45) is 0 Å². The molecule has 0 aromatic heterocycles. The predicted octanol–water partition coefficient (Wildman–Crippen LogP) is 1.59. The molecule has 19 heavy (non-hydrogen) atoms. The molecular weight excluding hydrogens is 247 g/mol. The summed E-state index contributed by atoms with van der Waals surface area (Å²) in [6.45, 7) is 0.896. The second kappa shape index (κ2) is 6.52. The fourth-order valence-electron chi connectivity index (χ4n) is 1.74. The predicted molar refractivity (Wildman–Crippen MR) is 70.4 cm³/mol. The van der Waals surface area contributed by atoms with Crippen LogP contribution in [0.3, 0.4) is 0 Å². The maximum atomic E-state index is 13.4. The maximum Gasteiger partial charge on any atom is 0.223 e. The molecule has 1 saturated carbocycles. The van der Waals surface area contributed by atoms with Gasteiger partial charge in [-0.1, -0.05) is 0 Å². The molecule has 5 heteroatoms. The Bertz CT molecular complexity index is 447. The standard InChI is InChI=1S/C14H19FN2O2/c1-16-14(18)4-5-19-13-7-10(6-11(15)8-13)9-17-12-2-3-12/h6-8,12,17H,2-5,9H2,1H3,(H,16,18). The van der Waals surface area contributed by atoms with Crippen LogP contribution in [0.25, 0.3) is 0 Å². The van der Waals surface area contributed by atoms with E-state index in [1.165, 1.54) is 25.0 Å². The molecule has 0 radical (unpaired) electrons. The Morgan fingerprint density at radius 1 is 1.42 bits per heavy atom. The van der Waals surface area contributed by atoms with E-state index in [9.17, 15) is 9.18 Å². The van der Waals surface area contributed by atoms with Crippen LogP contribution in [0.1, 0.15) is 24.8 Å². The van der Waals surface area contributed by atoms with Crippen molar-refractivity contribution in [2.45, 2.75) is 31.8 Å². The molecule has 104 valence electrons. The van der Waals surface area contributed by atoms with Crippen LogP contribution in [-0.2, 0) is 11.3 Å². The zero-order valence-electron chi connectivity index (χ0n) is 11.0. The van der Waals surface area contributed by atoms with Crippen molar-refractivity contribution < 1.29 is 13.9 Å². The number of halogens is 1. The molecule has 4 nitrogen and oxygen atoms in total. The molecule has 0 unspecified atom stereocenters. The second-order valence-electron chi connectivity index (χ2n) is 4.72. The lowest BCUT2D eigenvalue weighted by Crippen LogP contribution is -2.20. The molecule has 1 aromatic rings. The Balaban J connectivity index is 1.85. The van der Waals surface area contributed by atoms with Gasteiger partial charge in [0.1, 0.15) is 11.6 Å². The summed E-state index contributed by atoms with van der Waals surface area (Å²) in [5.41, 5.74) is 0.863. The molecule has 0 spiro atoms. The van der Waals surface area contributed by atoms with E-state index < -0.39 is 0 Å². The van der Waals surface area contributed by atoms with E-state index in [4.69, 9.17) is 4.74 Å². The van der Waals surface area contributed by atoms with Crippen LogP contribution in [0.4, 0.5) is 4.39 Å². The van der Waals surface area contributed by atoms with E-state index in [-0.39, 0.29) is 24.8 Å². The largest absolute Gasteiger partial charge is 0.493 e. The quantitative estimate of drug-likeness (QED) is 0.788. The Labute approximate surface area is 112 Å². The molecule has 0 aliphatic heterocycles. The van der Waals surface area contributed by atoms with Gasteiger partial charge >= 0.3 is 0 Å². The molecule has 0 atom stereocenters. The third-order valence-electron chi connectivity index (χ3n) is 2.98. The van der Waals surface area contributed by atoms with Crippen LogP contribution in [0.5, 0.6) is 5.75 Å². The van der Waals surface area contributed by atoms with Crippen molar-refractivity contribution in [1.82, 2.24) is 10.6 Å². The SMILES string of the molecule is CNC(=O)CCOc1cc(F)cc(CNC2CC2)c1. The smallest absolute Gasteiger partial charge is 0.223 e. The minimum Gasteiger partial charge on any atom is -0.493 e. The average Bonchev–Trinajstić information content (AvgIpc) is 3.19. The zero-order valence-corrected chi connectivity index (χ0v) is 11.0. The summed E-state index contributed by atoms with van der Waals surface area (Å²) in [7, 11) is 1.58. The van der Waals surface area contributed by atoms with Crippen molar-refractivity contribution in [1.29, 1.82) is 0 Å². The van der Waals surface area contributed by atoms with Gasteiger partial charge in [0.05, 0.1) is 13.0 Å². The third-order valence-corrected chi connectivity index (χ3v) is 2.98. The van der Waals surface area contributed by atoms with E-state index in [0.29, 0.717) is 18.3 Å². The molecular formula is C14H19FN2O2.